The highest BCUT2D eigenvalue weighted by Gasteiger charge is 2.20. The van der Waals surface area contributed by atoms with Crippen molar-refractivity contribution in [3.8, 4) is 0 Å². The molecule has 5 heteroatoms. The molecule has 150 valence electrons. The molecule has 0 radical (unpaired) electrons. The molecule has 0 aliphatic carbocycles. The molecule has 1 aliphatic heterocycles. The maximum absolute atomic E-state index is 11.9. The molecule has 2 aromatic carbocycles. The third-order valence-electron chi connectivity index (χ3n) is 5.34. The third kappa shape index (κ3) is 5.17. The van der Waals surface area contributed by atoms with Crippen LogP contribution in [0.2, 0.25) is 0 Å². The van der Waals surface area contributed by atoms with Gasteiger partial charge in [-0.2, -0.15) is 0 Å². The molecule has 0 spiro atoms. The number of benzene rings is 2. The molecule has 0 amide bonds. The number of nitrogens with one attached hydrogen (secondary N) is 1. The molecule has 3 aromatic rings. The Hall–Kier alpha value is -2.37. The van der Waals surface area contributed by atoms with Crippen LogP contribution in [0.1, 0.15) is 24.0 Å². The van der Waals surface area contributed by atoms with Gasteiger partial charge < -0.3 is 9.73 Å². The molecule has 0 bridgehead atoms. The Morgan fingerprint density at radius 3 is 2.69 bits per heavy atom. The zero-order valence-electron chi connectivity index (χ0n) is 16.5. The summed E-state index contributed by atoms with van der Waals surface area (Å²) in [4.78, 5) is 14.4. The Morgan fingerprint density at radius 2 is 1.93 bits per heavy atom. The Labute approximate surface area is 179 Å². The van der Waals surface area contributed by atoms with E-state index < -0.39 is 0 Å². The normalized spacial score (nSPS) is 16.3. The number of rotatable bonds is 5. The van der Waals surface area contributed by atoms with E-state index in [9.17, 15) is 4.79 Å². The maximum atomic E-state index is 11.9. The molecule has 0 saturated carbocycles. The molecule has 0 atom stereocenters. The van der Waals surface area contributed by atoms with E-state index in [1.165, 1.54) is 10.0 Å². The first-order valence-corrected chi connectivity index (χ1v) is 10.8. The minimum Gasteiger partial charge on any atom is -0.423 e. The predicted molar refractivity (Wildman–Crippen MR) is 124 cm³/mol. The van der Waals surface area contributed by atoms with Crippen molar-refractivity contribution < 1.29 is 4.42 Å². The van der Waals surface area contributed by atoms with E-state index in [1.54, 1.807) is 6.07 Å². The molecule has 1 aliphatic rings. The van der Waals surface area contributed by atoms with Gasteiger partial charge in [0.25, 0.3) is 0 Å². The minimum atomic E-state index is -0.309. The van der Waals surface area contributed by atoms with E-state index in [1.807, 2.05) is 25.1 Å². The molecule has 1 aromatic heterocycles. The Kier molecular flexibility index (Phi) is 6.16. The Morgan fingerprint density at radius 1 is 1.17 bits per heavy atom. The third-order valence-corrected chi connectivity index (χ3v) is 5.82. The summed E-state index contributed by atoms with van der Waals surface area (Å²) in [6, 6.07) is 18.2. The monoisotopic (exact) mass is 452 g/mol. The number of fused-ring (bicyclic) bond motifs is 1. The summed E-state index contributed by atoms with van der Waals surface area (Å²) in [5, 5.41) is 4.57. The molecule has 4 nitrogen and oxygen atoms in total. The average Bonchev–Trinajstić information content (AvgIpc) is 2.70. The first kappa shape index (κ1) is 19.9. The first-order chi connectivity index (χ1) is 14.1. The molecule has 1 N–H and O–H groups in total. The van der Waals surface area contributed by atoms with E-state index in [4.69, 9.17) is 4.42 Å². The molecular weight excluding hydrogens is 428 g/mol. The number of likely N-dealkylation sites (tertiary alicyclic amines) is 1. The fraction of sp³-hybridized carbons (Fsp3) is 0.292. The summed E-state index contributed by atoms with van der Waals surface area (Å²) in [5.74, 6) is 0. The number of hydrogen-bond acceptors (Lipinski definition) is 4. The van der Waals surface area contributed by atoms with E-state index >= 15 is 0 Å². The molecule has 1 saturated heterocycles. The lowest BCUT2D eigenvalue weighted by atomic mass is 10.0. The highest BCUT2D eigenvalue weighted by molar-refractivity contribution is 9.11. The highest BCUT2D eigenvalue weighted by atomic mass is 79.9. The van der Waals surface area contributed by atoms with Crippen LogP contribution < -0.4 is 10.9 Å². The van der Waals surface area contributed by atoms with Gasteiger partial charge in [-0.1, -0.05) is 57.9 Å². The Balaban J connectivity index is 1.38. The number of hydrogen-bond donors (Lipinski definition) is 1. The first-order valence-electron chi connectivity index (χ1n) is 10.0. The van der Waals surface area contributed by atoms with Gasteiger partial charge in [-0.3, -0.25) is 4.90 Å². The number of anilines is 1. The van der Waals surface area contributed by atoms with E-state index in [0.717, 1.165) is 49.1 Å². The van der Waals surface area contributed by atoms with Crippen molar-refractivity contribution in [2.45, 2.75) is 25.8 Å². The van der Waals surface area contributed by atoms with Crippen molar-refractivity contribution in [2.24, 2.45) is 0 Å². The molecule has 4 rings (SSSR count). The largest absolute Gasteiger partial charge is 0.423 e. The number of nitrogens with zero attached hydrogens (tertiary/aromatic N) is 1. The van der Waals surface area contributed by atoms with Gasteiger partial charge >= 0.3 is 5.63 Å². The SMILES string of the molecule is Cc1ccc2oc(=O)cc(NC3CCN(CC(Br)=Cc4ccccc4)CC3)c2c1. The summed E-state index contributed by atoms with van der Waals surface area (Å²) in [5.41, 5.74) is 3.57. The van der Waals surface area contributed by atoms with Crippen LogP contribution in [0.25, 0.3) is 17.0 Å². The van der Waals surface area contributed by atoms with Crippen molar-refractivity contribution in [3.63, 3.8) is 0 Å². The van der Waals surface area contributed by atoms with Crippen molar-refractivity contribution in [1.29, 1.82) is 0 Å². The standard InChI is InChI=1S/C24H25BrN2O2/c1-17-7-8-23-21(13-17)22(15-24(28)29-23)26-20-9-11-27(12-10-20)16-19(25)14-18-5-3-2-4-6-18/h2-8,13-15,20,26H,9-12,16H2,1H3. The van der Waals surface area contributed by atoms with Crippen LogP contribution >= 0.6 is 15.9 Å². The van der Waals surface area contributed by atoms with Gasteiger partial charge in [0.05, 0.1) is 5.69 Å². The van der Waals surface area contributed by atoms with Gasteiger partial charge in [0, 0.05) is 41.6 Å². The molecule has 2 heterocycles. The second-order valence-corrected chi connectivity index (χ2v) is 8.69. The lowest BCUT2D eigenvalue weighted by Crippen LogP contribution is -2.39. The Bertz CT molecular complexity index is 1070. The lowest BCUT2D eigenvalue weighted by Gasteiger charge is -2.33. The van der Waals surface area contributed by atoms with E-state index in [-0.39, 0.29) is 5.63 Å². The fourth-order valence-corrected chi connectivity index (χ4v) is 4.46. The van der Waals surface area contributed by atoms with Crippen LogP contribution in [-0.2, 0) is 0 Å². The smallest absolute Gasteiger partial charge is 0.338 e. The van der Waals surface area contributed by atoms with Crippen LogP contribution in [0.3, 0.4) is 0 Å². The van der Waals surface area contributed by atoms with E-state index in [2.05, 4.69) is 62.6 Å². The topological polar surface area (TPSA) is 45.5 Å². The maximum Gasteiger partial charge on any atom is 0.338 e. The van der Waals surface area contributed by atoms with Crippen LogP contribution in [-0.4, -0.2) is 30.6 Å². The van der Waals surface area contributed by atoms with Crippen molar-refractivity contribution in [2.75, 3.05) is 25.0 Å². The van der Waals surface area contributed by atoms with Crippen LogP contribution in [0.15, 0.2) is 68.3 Å². The molecule has 0 unspecified atom stereocenters. The molecule has 29 heavy (non-hydrogen) atoms. The summed E-state index contributed by atoms with van der Waals surface area (Å²) < 4.78 is 6.53. The van der Waals surface area contributed by atoms with Crippen molar-refractivity contribution >= 4 is 38.7 Å². The van der Waals surface area contributed by atoms with Crippen molar-refractivity contribution in [3.05, 3.63) is 80.6 Å². The minimum absolute atomic E-state index is 0.309. The highest BCUT2D eigenvalue weighted by Crippen LogP contribution is 2.26. The van der Waals surface area contributed by atoms with Gasteiger partial charge in [-0.25, -0.2) is 4.79 Å². The summed E-state index contributed by atoms with van der Waals surface area (Å²) in [7, 11) is 0. The van der Waals surface area contributed by atoms with Crippen LogP contribution in [0.5, 0.6) is 0 Å². The lowest BCUT2D eigenvalue weighted by molar-refractivity contribution is 0.239. The zero-order valence-corrected chi connectivity index (χ0v) is 18.1. The second-order valence-electron chi connectivity index (χ2n) is 7.68. The average molecular weight is 453 g/mol. The summed E-state index contributed by atoms with van der Waals surface area (Å²) in [6.07, 6.45) is 4.26. The summed E-state index contributed by atoms with van der Waals surface area (Å²) >= 11 is 3.72. The number of aryl methyl sites for hydroxylation is 1. The number of halogens is 1. The van der Waals surface area contributed by atoms with Crippen LogP contribution in [0, 0.1) is 6.92 Å². The summed E-state index contributed by atoms with van der Waals surface area (Å²) in [6.45, 7) is 5.01. The second kappa shape index (κ2) is 8.97. The van der Waals surface area contributed by atoms with Gasteiger partial charge in [0.2, 0.25) is 0 Å². The van der Waals surface area contributed by atoms with Crippen molar-refractivity contribution in [1.82, 2.24) is 4.90 Å². The predicted octanol–water partition coefficient (Wildman–Crippen LogP) is 5.41. The van der Waals surface area contributed by atoms with Gasteiger partial charge in [-0.15, -0.1) is 0 Å². The van der Waals surface area contributed by atoms with E-state index in [0.29, 0.717) is 11.6 Å². The van der Waals surface area contributed by atoms with Gasteiger partial charge in [-0.05, 0) is 43.5 Å². The zero-order chi connectivity index (χ0) is 20.2. The van der Waals surface area contributed by atoms with Gasteiger partial charge in [0.1, 0.15) is 5.58 Å². The molecule has 1 fully saturated rings. The van der Waals surface area contributed by atoms with Crippen LogP contribution in [0.4, 0.5) is 5.69 Å². The fourth-order valence-electron chi connectivity index (χ4n) is 3.84. The molecular formula is C24H25BrN2O2. The quantitative estimate of drug-likeness (QED) is 0.525. The number of piperidine rings is 1. The van der Waals surface area contributed by atoms with Gasteiger partial charge in [0.15, 0.2) is 0 Å².